The fourth-order valence-electron chi connectivity index (χ4n) is 2.13. The zero-order valence-corrected chi connectivity index (χ0v) is 16.6. The van der Waals surface area contributed by atoms with Gasteiger partial charge in [0, 0.05) is 10.6 Å². The van der Waals surface area contributed by atoms with Crippen LogP contribution in [-0.4, -0.2) is 24.4 Å². The van der Waals surface area contributed by atoms with Crippen LogP contribution in [0.1, 0.15) is 0 Å². The van der Waals surface area contributed by atoms with Crippen LogP contribution < -0.4 is 5.32 Å². The molecule has 0 bridgehead atoms. The van der Waals surface area contributed by atoms with Gasteiger partial charge in [-0.15, -0.1) is 11.8 Å². The van der Waals surface area contributed by atoms with Gasteiger partial charge in [0.2, 0.25) is 0 Å². The lowest BCUT2D eigenvalue weighted by molar-refractivity contribution is -0.0510. The van der Waals surface area contributed by atoms with Crippen LogP contribution in [0.4, 0.5) is 18.9 Å². The van der Waals surface area contributed by atoms with Crippen molar-refractivity contribution >= 4 is 27.6 Å². The molecule has 4 nitrogen and oxygen atoms in total. The number of nitrogens with one attached hydrogen (secondary N) is 1. The summed E-state index contributed by atoms with van der Waals surface area (Å²) in [6, 6.07) is 29.5. The molecule has 0 aliphatic rings. The Morgan fingerprint density at radius 1 is 0.793 bits per heavy atom. The molecule has 0 amide bonds. The lowest BCUT2D eigenvalue weighted by Gasteiger charge is -2.07. The Morgan fingerprint density at radius 3 is 1.72 bits per heavy atom. The molecule has 0 fully saturated rings. The van der Waals surface area contributed by atoms with E-state index >= 15 is 0 Å². The number of alkyl halides is 3. The van der Waals surface area contributed by atoms with E-state index in [9.17, 15) is 13.2 Å². The molecule has 0 atom stereocenters. The Kier molecular flexibility index (Phi) is 8.12. The molecule has 29 heavy (non-hydrogen) atoms. The van der Waals surface area contributed by atoms with Gasteiger partial charge in [-0.05, 0) is 35.4 Å². The number of hydrogen-bond donors (Lipinski definition) is 2. The molecule has 9 heteroatoms. The predicted molar refractivity (Wildman–Crippen MR) is 110 cm³/mol. The summed E-state index contributed by atoms with van der Waals surface area (Å²) >= 11 is 1.80. The molecule has 3 aromatic rings. The molecule has 0 unspecified atom stereocenters. The van der Waals surface area contributed by atoms with Gasteiger partial charge < -0.3 is 5.32 Å². The molecule has 0 aromatic heterocycles. The fraction of sp³-hybridized carbons (Fsp3) is 0.100. The summed E-state index contributed by atoms with van der Waals surface area (Å²) in [5.74, 6) is 0.870. The summed E-state index contributed by atoms with van der Waals surface area (Å²) in [4.78, 5) is 1.28. The van der Waals surface area contributed by atoms with Crippen molar-refractivity contribution in [1.82, 2.24) is 0 Å². The van der Waals surface area contributed by atoms with Crippen molar-refractivity contribution in [2.75, 3.05) is 11.2 Å². The van der Waals surface area contributed by atoms with E-state index in [0.717, 1.165) is 11.6 Å². The van der Waals surface area contributed by atoms with Crippen LogP contribution in [0.5, 0.6) is 0 Å². The number of anilines is 1. The highest BCUT2D eigenvalue weighted by Gasteiger charge is 2.44. The summed E-state index contributed by atoms with van der Waals surface area (Å²) < 4.78 is 57.5. The fourth-order valence-corrected chi connectivity index (χ4v) is 2.89. The third-order valence-electron chi connectivity index (χ3n) is 3.54. The Bertz CT molecular complexity index is 979. The third-order valence-corrected chi connectivity index (χ3v) is 5.02. The van der Waals surface area contributed by atoms with Gasteiger partial charge in [0.25, 0.3) is 0 Å². The standard InChI is InChI=1S/C19H17NS.CHF3O3S/c1-3-7-16(8-4-1)17-11-13-18(14-12-17)20-15-21-19-9-5-2-6-10-19;2-1(3,4)8(5,6)7/h1-14,20H,15H2;(H,5,6,7). The second kappa shape index (κ2) is 10.3. The molecule has 0 aliphatic carbocycles. The molecule has 0 radical (unpaired) electrons. The lowest BCUT2D eigenvalue weighted by Crippen LogP contribution is -2.21. The molecule has 2 N–H and O–H groups in total. The summed E-state index contributed by atoms with van der Waals surface area (Å²) in [5.41, 5.74) is -1.88. The van der Waals surface area contributed by atoms with Gasteiger partial charge in [-0.1, -0.05) is 60.7 Å². The molecular weight excluding hydrogens is 423 g/mol. The quantitative estimate of drug-likeness (QED) is 0.223. The zero-order valence-electron chi connectivity index (χ0n) is 15.0. The molecule has 0 saturated heterocycles. The first-order valence-corrected chi connectivity index (χ1v) is 10.7. The van der Waals surface area contributed by atoms with Crippen molar-refractivity contribution in [3.8, 4) is 11.1 Å². The van der Waals surface area contributed by atoms with Crippen molar-refractivity contribution in [2.24, 2.45) is 0 Å². The summed E-state index contributed by atoms with van der Waals surface area (Å²) in [6.45, 7) is 0. The molecule has 0 heterocycles. The van der Waals surface area contributed by atoms with E-state index in [4.69, 9.17) is 13.0 Å². The first kappa shape index (κ1) is 22.8. The number of thioether (sulfide) groups is 1. The molecular formula is C20H18F3NO3S2. The molecule has 154 valence electrons. The first-order chi connectivity index (χ1) is 13.7. The van der Waals surface area contributed by atoms with Crippen LogP contribution >= 0.6 is 11.8 Å². The van der Waals surface area contributed by atoms with Crippen molar-refractivity contribution in [3.63, 3.8) is 0 Å². The summed E-state index contributed by atoms with van der Waals surface area (Å²) in [5, 5.41) is 3.43. The van der Waals surface area contributed by atoms with E-state index in [2.05, 4.69) is 78.1 Å². The second-order valence-corrected chi connectivity index (χ2v) is 8.10. The first-order valence-electron chi connectivity index (χ1n) is 8.28. The monoisotopic (exact) mass is 441 g/mol. The van der Waals surface area contributed by atoms with E-state index in [-0.39, 0.29) is 0 Å². The van der Waals surface area contributed by atoms with Gasteiger partial charge in [0.1, 0.15) is 0 Å². The molecule has 0 aliphatic heterocycles. The molecule has 3 aromatic carbocycles. The zero-order chi connectivity index (χ0) is 21.3. The number of benzene rings is 3. The normalized spacial score (nSPS) is 11.3. The van der Waals surface area contributed by atoms with Crippen LogP contribution in [0.25, 0.3) is 11.1 Å². The maximum atomic E-state index is 10.7. The minimum Gasteiger partial charge on any atom is -0.376 e. The minimum absolute atomic E-state index is 0.870. The van der Waals surface area contributed by atoms with E-state index < -0.39 is 15.6 Å². The van der Waals surface area contributed by atoms with Gasteiger partial charge in [-0.2, -0.15) is 21.6 Å². The number of halogens is 3. The highest BCUT2D eigenvalue weighted by atomic mass is 32.2. The average molecular weight is 441 g/mol. The van der Waals surface area contributed by atoms with E-state index in [1.165, 1.54) is 16.0 Å². The Labute approximate surface area is 171 Å². The summed E-state index contributed by atoms with van der Waals surface area (Å²) in [7, 11) is -5.84. The Morgan fingerprint density at radius 2 is 1.24 bits per heavy atom. The Hall–Kier alpha value is -2.49. The van der Waals surface area contributed by atoms with Crippen molar-refractivity contribution in [3.05, 3.63) is 84.9 Å². The van der Waals surface area contributed by atoms with Gasteiger partial charge in [-0.3, -0.25) is 4.55 Å². The van der Waals surface area contributed by atoms with E-state index in [0.29, 0.717) is 0 Å². The van der Waals surface area contributed by atoms with Crippen LogP contribution in [0.3, 0.4) is 0 Å². The van der Waals surface area contributed by atoms with E-state index in [1.807, 2.05) is 12.1 Å². The maximum Gasteiger partial charge on any atom is 0.522 e. The highest BCUT2D eigenvalue weighted by molar-refractivity contribution is 7.99. The topological polar surface area (TPSA) is 66.4 Å². The molecule has 0 saturated carbocycles. The maximum absolute atomic E-state index is 10.7. The number of rotatable bonds is 5. The van der Waals surface area contributed by atoms with Crippen LogP contribution in [-0.2, 0) is 10.1 Å². The van der Waals surface area contributed by atoms with Crippen molar-refractivity contribution < 1.29 is 26.1 Å². The average Bonchev–Trinajstić information content (AvgIpc) is 2.69. The van der Waals surface area contributed by atoms with Gasteiger partial charge >= 0.3 is 15.6 Å². The van der Waals surface area contributed by atoms with Gasteiger partial charge in [0.15, 0.2) is 0 Å². The molecule has 3 rings (SSSR count). The largest absolute Gasteiger partial charge is 0.522 e. The van der Waals surface area contributed by atoms with Crippen LogP contribution in [0, 0.1) is 0 Å². The van der Waals surface area contributed by atoms with Gasteiger partial charge in [-0.25, -0.2) is 0 Å². The SMILES string of the molecule is O=S(=O)(O)C(F)(F)F.c1ccc(SCNc2ccc(-c3ccccc3)cc2)cc1. The number of hydrogen-bond acceptors (Lipinski definition) is 4. The van der Waals surface area contributed by atoms with Crippen LogP contribution in [0.15, 0.2) is 89.8 Å². The summed E-state index contributed by atoms with van der Waals surface area (Å²) in [6.07, 6.45) is 0. The van der Waals surface area contributed by atoms with Crippen molar-refractivity contribution in [2.45, 2.75) is 10.4 Å². The minimum atomic E-state index is -5.84. The van der Waals surface area contributed by atoms with E-state index in [1.54, 1.807) is 11.8 Å². The third kappa shape index (κ3) is 7.80. The predicted octanol–water partition coefficient (Wildman–Crippen LogP) is 5.91. The highest BCUT2D eigenvalue weighted by Crippen LogP contribution is 2.23. The smallest absolute Gasteiger partial charge is 0.376 e. The lowest BCUT2D eigenvalue weighted by atomic mass is 10.1. The second-order valence-electron chi connectivity index (χ2n) is 5.64. The van der Waals surface area contributed by atoms with Crippen molar-refractivity contribution in [1.29, 1.82) is 0 Å². The van der Waals surface area contributed by atoms with Crippen LogP contribution in [0.2, 0.25) is 0 Å². The van der Waals surface area contributed by atoms with Gasteiger partial charge in [0.05, 0.1) is 5.88 Å². The Balaban J connectivity index is 0.000000321. The molecule has 0 spiro atoms.